The summed E-state index contributed by atoms with van der Waals surface area (Å²) >= 11 is 0. The summed E-state index contributed by atoms with van der Waals surface area (Å²) in [5.41, 5.74) is 0. The first kappa shape index (κ1) is 21.7. The van der Waals surface area contributed by atoms with Crippen molar-refractivity contribution >= 4 is 18.3 Å². The van der Waals surface area contributed by atoms with E-state index < -0.39 is 0 Å². The number of nitrogens with one attached hydrogen (secondary N) is 1. The smallest absolute Gasteiger partial charge is 0.290 e. The second-order valence-electron chi connectivity index (χ2n) is 4.38. The lowest BCUT2D eigenvalue weighted by atomic mass is 10.2. The van der Waals surface area contributed by atoms with Crippen molar-refractivity contribution in [2.75, 3.05) is 39.8 Å². The minimum atomic E-state index is -0.250. The van der Waals surface area contributed by atoms with Crippen molar-refractivity contribution < 1.29 is 19.5 Å². The van der Waals surface area contributed by atoms with Crippen LogP contribution >= 0.6 is 0 Å². The van der Waals surface area contributed by atoms with Crippen LogP contribution in [0.4, 0.5) is 0 Å². The number of carboxylic acid groups (broad SMARTS) is 1. The van der Waals surface area contributed by atoms with Crippen LogP contribution < -0.4 is 5.32 Å². The number of nitrogens with zero attached hydrogens (tertiary/aromatic N) is 2. The zero-order valence-corrected chi connectivity index (χ0v) is 13.6. The van der Waals surface area contributed by atoms with E-state index in [-0.39, 0.29) is 18.3 Å². The number of carbonyl (C=O) groups excluding carboxylic acids is 2. The quantitative estimate of drug-likeness (QED) is 0.580. The second kappa shape index (κ2) is 14.8. The Labute approximate surface area is 127 Å². The van der Waals surface area contributed by atoms with Crippen LogP contribution in [0.15, 0.2) is 0 Å². The molecule has 7 nitrogen and oxygen atoms in total. The molecule has 0 aromatic rings. The second-order valence-corrected chi connectivity index (χ2v) is 4.38. The van der Waals surface area contributed by atoms with E-state index in [1.54, 1.807) is 0 Å². The Morgan fingerprint density at radius 1 is 1.19 bits per heavy atom. The summed E-state index contributed by atoms with van der Waals surface area (Å²) in [4.78, 5) is 34.9. The molecular formula is C14H29N3O4. The fourth-order valence-corrected chi connectivity index (χ4v) is 1.72. The van der Waals surface area contributed by atoms with Gasteiger partial charge in [0, 0.05) is 46.1 Å². The lowest BCUT2D eigenvalue weighted by molar-refractivity contribution is -0.133. The Bertz CT molecular complexity index is 290. The van der Waals surface area contributed by atoms with Gasteiger partial charge in [0.1, 0.15) is 0 Å². The number of amides is 2. The monoisotopic (exact) mass is 303 g/mol. The molecule has 0 atom stereocenters. The molecule has 0 spiro atoms. The largest absolute Gasteiger partial charge is 0.483 e. The van der Waals surface area contributed by atoms with Gasteiger partial charge in [-0.3, -0.25) is 14.4 Å². The average Bonchev–Trinajstić information content (AvgIpc) is 2.47. The summed E-state index contributed by atoms with van der Waals surface area (Å²) in [7, 11) is 2.07. The summed E-state index contributed by atoms with van der Waals surface area (Å²) in [6, 6.07) is 0. The number of hydrogen-bond donors (Lipinski definition) is 2. The van der Waals surface area contributed by atoms with Crippen LogP contribution in [-0.4, -0.2) is 73.0 Å². The van der Waals surface area contributed by atoms with Crippen LogP contribution in [0.2, 0.25) is 0 Å². The first-order chi connectivity index (χ1) is 10.0. The van der Waals surface area contributed by atoms with Crippen LogP contribution in [0.3, 0.4) is 0 Å². The highest BCUT2D eigenvalue weighted by Crippen LogP contribution is 2.03. The highest BCUT2D eigenvalue weighted by atomic mass is 16.3. The van der Waals surface area contributed by atoms with Gasteiger partial charge in [0.15, 0.2) is 0 Å². The van der Waals surface area contributed by atoms with Gasteiger partial charge >= 0.3 is 0 Å². The van der Waals surface area contributed by atoms with Gasteiger partial charge in [-0.25, -0.2) is 0 Å². The Kier molecular flexibility index (Phi) is 15.2. The molecule has 0 aromatic heterocycles. The molecule has 124 valence electrons. The van der Waals surface area contributed by atoms with Gasteiger partial charge in [-0.1, -0.05) is 13.8 Å². The Balaban J connectivity index is 0. The summed E-state index contributed by atoms with van der Waals surface area (Å²) in [6.07, 6.45) is 1.26. The fourth-order valence-electron chi connectivity index (χ4n) is 1.72. The standard InChI is InChI=1S/C11H21N3O2.C2H6.CH2O2/c1-10(15)12-5-3-4-11(16)14-8-6-13(2)7-9-14;1-2;2-1-3/h3-9H2,1-2H3,(H,12,15);1-2H3;1H,(H,2,3). The van der Waals surface area contributed by atoms with Crippen molar-refractivity contribution in [2.24, 2.45) is 0 Å². The third-order valence-corrected chi connectivity index (χ3v) is 2.80. The SMILES string of the molecule is CC.CC(=O)NCCCC(=O)N1CCN(C)CC1.O=CO. The van der Waals surface area contributed by atoms with Crippen molar-refractivity contribution in [2.45, 2.75) is 33.6 Å². The Morgan fingerprint density at radius 3 is 2.10 bits per heavy atom. The van der Waals surface area contributed by atoms with E-state index in [1.807, 2.05) is 18.7 Å². The molecule has 7 heteroatoms. The van der Waals surface area contributed by atoms with Gasteiger partial charge in [-0.15, -0.1) is 0 Å². The van der Waals surface area contributed by atoms with E-state index in [9.17, 15) is 9.59 Å². The minimum absolute atomic E-state index is 0.0351. The molecule has 0 aliphatic carbocycles. The molecule has 21 heavy (non-hydrogen) atoms. The molecule has 0 saturated carbocycles. The molecule has 0 aromatic carbocycles. The number of piperazine rings is 1. The number of likely N-dealkylation sites (N-methyl/N-ethyl adjacent to an activating group) is 1. The highest BCUT2D eigenvalue weighted by molar-refractivity contribution is 5.76. The maximum atomic E-state index is 11.7. The Hall–Kier alpha value is -1.63. The summed E-state index contributed by atoms with van der Waals surface area (Å²) < 4.78 is 0. The third kappa shape index (κ3) is 13.1. The predicted molar refractivity (Wildman–Crippen MR) is 82.0 cm³/mol. The van der Waals surface area contributed by atoms with Crippen LogP contribution in [0, 0.1) is 0 Å². The predicted octanol–water partition coefficient (Wildman–Crippen LogP) is 0.404. The van der Waals surface area contributed by atoms with Crippen molar-refractivity contribution in [1.82, 2.24) is 15.1 Å². The first-order valence-corrected chi connectivity index (χ1v) is 7.29. The van der Waals surface area contributed by atoms with Gasteiger partial charge in [0.2, 0.25) is 11.8 Å². The van der Waals surface area contributed by atoms with E-state index in [0.29, 0.717) is 13.0 Å². The minimum Gasteiger partial charge on any atom is -0.483 e. The van der Waals surface area contributed by atoms with Crippen LogP contribution in [-0.2, 0) is 14.4 Å². The maximum Gasteiger partial charge on any atom is 0.290 e. The van der Waals surface area contributed by atoms with Crippen molar-refractivity contribution in [3.8, 4) is 0 Å². The molecule has 1 fully saturated rings. The van der Waals surface area contributed by atoms with Gasteiger partial charge in [0.25, 0.3) is 6.47 Å². The van der Waals surface area contributed by atoms with Crippen molar-refractivity contribution in [3.63, 3.8) is 0 Å². The van der Waals surface area contributed by atoms with Gasteiger partial charge in [-0.05, 0) is 13.5 Å². The van der Waals surface area contributed by atoms with Crippen LogP contribution in [0.1, 0.15) is 33.6 Å². The van der Waals surface area contributed by atoms with Crippen LogP contribution in [0.25, 0.3) is 0 Å². The summed E-state index contributed by atoms with van der Waals surface area (Å²) in [6.45, 7) is 9.40. The average molecular weight is 303 g/mol. The summed E-state index contributed by atoms with van der Waals surface area (Å²) in [5.74, 6) is 0.172. The summed E-state index contributed by atoms with van der Waals surface area (Å²) in [5, 5.41) is 9.58. The number of rotatable bonds is 4. The van der Waals surface area contributed by atoms with E-state index in [0.717, 1.165) is 32.6 Å². The van der Waals surface area contributed by atoms with E-state index >= 15 is 0 Å². The molecule has 1 aliphatic heterocycles. The van der Waals surface area contributed by atoms with E-state index in [4.69, 9.17) is 9.90 Å². The van der Waals surface area contributed by atoms with E-state index in [2.05, 4.69) is 17.3 Å². The fraction of sp³-hybridized carbons (Fsp3) is 0.786. The molecule has 1 saturated heterocycles. The Morgan fingerprint density at radius 2 is 1.67 bits per heavy atom. The zero-order valence-electron chi connectivity index (χ0n) is 13.6. The molecule has 0 bridgehead atoms. The van der Waals surface area contributed by atoms with Gasteiger partial charge in [0.05, 0.1) is 0 Å². The first-order valence-electron chi connectivity index (χ1n) is 7.29. The normalized spacial score (nSPS) is 14.0. The van der Waals surface area contributed by atoms with Gasteiger partial charge in [-0.2, -0.15) is 0 Å². The molecule has 0 unspecified atom stereocenters. The van der Waals surface area contributed by atoms with Crippen molar-refractivity contribution in [3.05, 3.63) is 0 Å². The topological polar surface area (TPSA) is 90.0 Å². The molecule has 1 heterocycles. The highest BCUT2D eigenvalue weighted by Gasteiger charge is 2.18. The lowest BCUT2D eigenvalue weighted by Gasteiger charge is -2.32. The van der Waals surface area contributed by atoms with E-state index in [1.165, 1.54) is 6.92 Å². The molecule has 2 N–H and O–H groups in total. The number of hydrogen-bond acceptors (Lipinski definition) is 4. The van der Waals surface area contributed by atoms with Gasteiger partial charge < -0.3 is 20.2 Å². The lowest BCUT2D eigenvalue weighted by Crippen LogP contribution is -2.47. The molecule has 0 radical (unpaired) electrons. The molecule has 2 amide bonds. The molecule has 1 aliphatic rings. The maximum absolute atomic E-state index is 11.7. The number of carbonyl (C=O) groups is 3. The molecule has 1 rings (SSSR count). The third-order valence-electron chi connectivity index (χ3n) is 2.80. The molecular weight excluding hydrogens is 274 g/mol. The zero-order chi connectivity index (χ0) is 16.7. The van der Waals surface area contributed by atoms with Crippen LogP contribution in [0.5, 0.6) is 0 Å². The van der Waals surface area contributed by atoms with Crippen molar-refractivity contribution in [1.29, 1.82) is 0 Å².